The fourth-order valence-corrected chi connectivity index (χ4v) is 3.03. The van der Waals surface area contributed by atoms with Gasteiger partial charge in [-0.25, -0.2) is 9.97 Å². The van der Waals surface area contributed by atoms with Gasteiger partial charge in [0.15, 0.2) is 5.96 Å². The van der Waals surface area contributed by atoms with Crippen molar-refractivity contribution in [3.8, 4) is 0 Å². The number of piperazine rings is 1. The van der Waals surface area contributed by atoms with Crippen molar-refractivity contribution in [2.24, 2.45) is 10.7 Å². The van der Waals surface area contributed by atoms with Crippen molar-refractivity contribution < 1.29 is 0 Å². The molecule has 0 amide bonds. The Labute approximate surface area is 178 Å². The number of anilines is 2. The minimum absolute atomic E-state index is 0. The van der Waals surface area contributed by atoms with Gasteiger partial charge in [0.25, 0.3) is 0 Å². The smallest absolute Gasteiger partial charge is 0.225 e. The van der Waals surface area contributed by atoms with E-state index in [-0.39, 0.29) is 24.0 Å². The van der Waals surface area contributed by atoms with Crippen LogP contribution in [-0.2, 0) is 0 Å². The number of aliphatic imine (C=N–C) groups is 1. The first-order valence-corrected chi connectivity index (χ1v) is 9.08. The Morgan fingerprint density at radius 3 is 2.59 bits per heavy atom. The van der Waals surface area contributed by atoms with Crippen LogP contribution in [0.1, 0.15) is 12.0 Å². The van der Waals surface area contributed by atoms with Crippen molar-refractivity contribution in [1.29, 1.82) is 0 Å². The van der Waals surface area contributed by atoms with Gasteiger partial charge in [0, 0.05) is 57.3 Å². The topological polar surface area (TPSA) is 82.7 Å². The van der Waals surface area contributed by atoms with E-state index in [1.165, 1.54) is 5.56 Å². The Balaban J connectivity index is 0.00000261. The summed E-state index contributed by atoms with van der Waals surface area (Å²) in [4.78, 5) is 17.8. The molecule has 3 N–H and O–H groups in total. The largest absolute Gasteiger partial charge is 0.370 e. The molecule has 1 fully saturated rings. The van der Waals surface area contributed by atoms with Crippen LogP contribution >= 0.6 is 24.0 Å². The summed E-state index contributed by atoms with van der Waals surface area (Å²) in [6, 6.07) is 9.96. The van der Waals surface area contributed by atoms with Crippen LogP contribution in [0, 0.1) is 6.92 Å². The summed E-state index contributed by atoms with van der Waals surface area (Å²) in [6.45, 7) is 7.80. The van der Waals surface area contributed by atoms with E-state index in [4.69, 9.17) is 5.73 Å². The van der Waals surface area contributed by atoms with E-state index in [9.17, 15) is 0 Å². The summed E-state index contributed by atoms with van der Waals surface area (Å²) in [5, 5.41) is 3.14. The van der Waals surface area contributed by atoms with Crippen LogP contribution < -0.4 is 16.0 Å². The summed E-state index contributed by atoms with van der Waals surface area (Å²) in [7, 11) is 0. The summed E-state index contributed by atoms with van der Waals surface area (Å²) in [5.74, 6) is 1.30. The first kappa shape index (κ1) is 21.4. The molecule has 146 valence electrons. The standard InChI is InChI=1S/C19H27N7.HI/c1-16-5-2-6-17(15-16)24-18(20)21-9-4-10-25-11-13-26(14-12-25)19-22-7-3-8-23-19;/h2-3,5-8,15H,4,9-14H2,1H3,(H3,20,21,24);1H. The molecular formula is C19H28IN7. The number of nitrogens with two attached hydrogens (primary N) is 1. The number of nitrogens with one attached hydrogen (secondary N) is 1. The van der Waals surface area contributed by atoms with Crippen LogP contribution in [0.4, 0.5) is 11.6 Å². The van der Waals surface area contributed by atoms with Crippen LogP contribution in [0.25, 0.3) is 0 Å². The van der Waals surface area contributed by atoms with Crippen molar-refractivity contribution in [2.45, 2.75) is 13.3 Å². The third-order valence-electron chi connectivity index (χ3n) is 4.41. The van der Waals surface area contributed by atoms with Crippen molar-refractivity contribution in [2.75, 3.05) is 49.5 Å². The van der Waals surface area contributed by atoms with Crippen LogP contribution in [0.2, 0.25) is 0 Å². The molecule has 0 aliphatic carbocycles. The predicted octanol–water partition coefficient (Wildman–Crippen LogP) is 2.34. The molecular weight excluding hydrogens is 453 g/mol. The summed E-state index contributed by atoms with van der Waals surface area (Å²) in [5.41, 5.74) is 8.14. The molecule has 27 heavy (non-hydrogen) atoms. The molecule has 8 heteroatoms. The molecule has 0 atom stereocenters. The molecule has 3 rings (SSSR count). The minimum atomic E-state index is 0. The molecule has 1 aliphatic heterocycles. The third-order valence-corrected chi connectivity index (χ3v) is 4.41. The van der Waals surface area contributed by atoms with Crippen molar-refractivity contribution in [1.82, 2.24) is 14.9 Å². The summed E-state index contributed by atoms with van der Waals surface area (Å²) >= 11 is 0. The first-order valence-electron chi connectivity index (χ1n) is 9.08. The highest BCUT2D eigenvalue weighted by Crippen LogP contribution is 2.10. The lowest BCUT2D eigenvalue weighted by atomic mass is 10.2. The molecule has 2 aromatic rings. The zero-order valence-corrected chi connectivity index (χ0v) is 18.0. The fraction of sp³-hybridized carbons (Fsp3) is 0.421. The number of hydrogen-bond acceptors (Lipinski definition) is 5. The minimum Gasteiger partial charge on any atom is -0.370 e. The van der Waals surface area contributed by atoms with Crippen LogP contribution in [0.15, 0.2) is 47.7 Å². The molecule has 1 aromatic heterocycles. The van der Waals surface area contributed by atoms with Gasteiger partial charge < -0.3 is 16.0 Å². The fourth-order valence-electron chi connectivity index (χ4n) is 3.03. The number of aryl methyl sites for hydroxylation is 1. The average molecular weight is 481 g/mol. The van der Waals surface area contributed by atoms with E-state index >= 15 is 0 Å². The van der Waals surface area contributed by atoms with Gasteiger partial charge in [0.1, 0.15) is 0 Å². The van der Waals surface area contributed by atoms with Crippen LogP contribution in [0.5, 0.6) is 0 Å². The Morgan fingerprint density at radius 1 is 1.15 bits per heavy atom. The van der Waals surface area contributed by atoms with Crippen LogP contribution in [0.3, 0.4) is 0 Å². The summed E-state index contributed by atoms with van der Waals surface area (Å²) < 4.78 is 0. The van der Waals surface area contributed by atoms with Gasteiger partial charge in [-0.3, -0.25) is 9.89 Å². The molecule has 1 saturated heterocycles. The van der Waals surface area contributed by atoms with E-state index in [0.29, 0.717) is 5.96 Å². The highest BCUT2D eigenvalue weighted by Gasteiger charge is 2.17. The first-order chi connectivity index (χ1) is 12.7. The van der Waals surface area contributed by atoms with Crippen molar-refractivity contribution in [3.05, 3.63) is 48.3 Å². The van der Waals surface area contributed by atoms with E-state index in [1.54, 1.807) is 12.4 Å². The molecule has 0 spiro atoms. The van der Waals surface area contributed by atoms with Gasteiger partial charge in [-0.15, -0.1) is 24.0 Å². The maximum Gasteiger partial charge on any atom is 0.225 e. The Hall–Kier alpha value is -1.94. The second-order valence-electron chi connectivity index (χ2n) is 6.49. The van der Waals surface area contributed by atoms with Gasteiger partial charge in [-0.2, -0.15) is 0 Å². The average Bonchev–Trinajstić information content (AvgIpc) is 2.66. The van der Waals surface area contributed by atoms with Gasteiger partial charge in [0.05, 0.1) is 0 Å². The van der Waals surface area contributed by atoms with Gasteiger partial charge >= 0.3 is 0 Å². The zero-order valence-electron chi connectivity index (χ0n) is 15.7. The molecule has 0 saturated carbocycles. The maximum atomic E-state index is 5.96. The molecule has 0 bridgehead atoms. The number of rotatable bonds is 6. The molecule has 0 radical (unpaired) electrons. The second-order valence-corrected chi connectivity index (χ2v) is 6.49. The number of halogens is 1. The molecule has 2 heterocycles. The molecule has 1 aliphatic rings. The molecule has 1 aromatic carbocycles. The SMILES string of the molecule is Cc1cccc(NC(N)=NCCCN2CCN(c3ncccn3)CC2)c1.I. The van der Waals surface area contributed by atoms with E-state index in [2.05, 4.69) is 49.1 Å². The van der Waals surface area contributed by atoms with Crippen molar-refractivity contribution >= 4 is 41.6 Å². The quantitative estimate of drug-likeness (QED) is 0.285. The second kappa shape index (κ2) is 11.0. The number of guanidine groups is 1. The zero-order chi connectivity index (χ0) is 18.2. The Morgan fingerprint density at radius 2 is 1.89 bits per heavy atom. The van der Waals surface area contributed by atoms with E-state index in [0.717, 1.165) is 57.3 Å². The van der Waals surface area contributed by atoms with Crippen molar-refractivity contribution in [3.63, 3.8) is 0 Å². The summed E-state index contributed by atoms with van der Waals surface area (Å²) in [6.07, 6.45) is 4.59. The molecule has 7 nitrogen and oxygen atoms in total. The van der Waals surface area contributed by atoms with Gasteiger partial charge in [-0.05, 0) is 37.1 Å². The highest BCUT2D eigenvalue weighted by molar-refractivity contribution is 14.0. The van der Waals surface area contributed by atoms with E-state index in [1.807, 2.05) is 18.2 Å². The maximum absolute atomic E-state index is 5.96. The van der Waals surface area contributed by atoms with Crippen LogP contribution in [-0.4, -0.2) is 60.1 Å². The van der Waals surface area contributed by atoms with E-state index < -0.39 is 0 Å². The lowest BCUT2D eigenvalue weighted by molar-refractivity contribution is 0.255. The third kappa shape index (κ3) is 6.94. The lowest BCUT2D eigenvalue weighted by Crippen LogP contribution is -2.47. The van der Waals surface area contributed by atoms with Gasteiger partial charge in [-0.1, -0.05) is 12.1 Å². The number of hydrogen-bond donors (Lipinski definition) is 2. The normalized spacial score (nSPS) is 15.3. The Kier molecular flexibility index (Phi) is 8.73. The highest BCUT2D eigenvalue weighted by atomic mass is 127. The predicted molar refractivity (Wildman–Crippen MR) is 122 cm³/mol. The molecule has 0 unspecified atom stereocenters. The lowest BCUT2D eigenvalue weighted by Gasteiger charge is -2.34. The monoisotopic (exact) mass is 481 g/mol. The number of benzene rings is 1. The van der Waals surface area contributed by atoms with Gasteiger partial charge in [0.2, 0.25) is 5.95 Å². The number of aromatic nitrogens is 2. The Bertz CT molecular complexity index is 715. The number of nitrogens with zero attached hydrogens (tertiary/aromatic N) is 5.